The highest BCUT2D eigenvalue weighted by Crippen LogP contribution is 2.30. The zero-order chi connectivity index (χ0) is 15.3. The Labute approximate surface area is 113 Å². The quantitative estimate of drug-likeness (QED) is 0.894. The van der Waals surface area contributed by atoms with Crippen LogP contribution in [-0.4, -0.2) is 30.7 Å². The van der Waals surface area contributed by atoms with E-state index < -0.39 is 23.7 Å². The lowest BCUT2D eigenvalue weighted by molar-refractivity contribution is -0.138. The van der Waals surface area contributed by atoms with Crippen molar-refractivity contribution in [2.24, 2.45) is 0 Å². The van der Waals surface area contributed by atoms with Crippen LogP contribution in [0.25, 0.3) is 0 Å². The van der Waals surface area contributed by atoms with Gasteiger partial charge in [0.05, 0.1) is 12.0 Å². The maximum Gasteiger partial charge on any atom is 0.416 e. The van der Waals surface area contributed by atoms with Gasteiger partial charge < -0.3 is 10.4 Å². The second-order valence-corrected chi connectivity index (χ2v) is 3.90. The van der Waals surface area contributed by atoms with Gasteiger partial charge in [0.2, 0.25) is 0 Å². The summed E-state index contributed by atoms with van der Waals surface area (Å²) >= 11 is 0. The van der Waals surface area contributed by atoms with Gasteiger partial charge in [-0.05, 0) is 24.3 Å². The van der Waals surface area contributed by atoms with E-state index in [1.54, 1.807) is 0 Å². The summed E-state index contributed by atoms with van der Waals surface area (Å²) in [5, 5.41) is 10.9. The standard InChI is InChI=1S/C12H13F3N2O3/c1-16-11(20)17(7-6-10(18)19)9-4-2-8(3-5-9)12(13,14)15/h2-5H,6-7H2,1H3,(H,16,20)(H,18,19). The molecule has 2 N–H and O–H groups in total. The SMILES string of the molecule is CNC(=O)N(CCC(=O)O)c1ccc(C(F)(F)F)cc1. The molecule has 0 heterocycles. The molecule has 2 amide bonds. The summed E-state index contributed by atoms with van der Waals surface area (Å²) in [6.07, 6.45) is -4.77. The Morgan fingerprint density at radius 1 is 1.25 bits per heavy atom. The fraction of sp³-hybridized carbons (Fsp3) is 0.333. The second-order valence-electron chi connectivity index (χ2n) is 3.90. The third-order valence-corrected chi connectivity index (χ3v) is 2.51. The molecule has 0 unspecified atom stereocenters. The molecule has 0 aliphatic heterocycles. The molecule has 1 aromatic carbocycles. The molecule has 0 bridgehead atoms. The van der Waals surface area contributed by atoms with Gasteiger partial charge in [0.1, 0.15) is 0 Å². The minimum Gasteiger partial charge on any atom is -0.481 e. The monoisotopic (exact) mass is 290 g/mol. The van der Waals surface area contributed by atoms with Crippen molar-refractivity contribution in [2.45, 2.75) is 12.6 Å². The minimum absolute atomic E-state index is 0.139. The van der Waals surface area contributed by atoms with Crippen LogP contribution in [0.3, 0.4) is 0 Å². The molecule has 8 heteroatoms. The Kier molecular flexibility index (Phi) is 4.95. The van der Waals surface area contributed by atoms with Gasteiger partial charge in [0, 0.05) is 19.3 Å². The van der Waals surface area contributed by atoms with Crippen LogP contribution in [0.4, 0.5) is 23.7 Å². The molecule has 1 rings (SSSR count). The van der Waals surface area contributed by atoms with Crippen molar-refractivity contribution in [1.29, 1.82) is 0 Å². The van der Waals surface area contributed by atoms with Crippen molar-refractivity contribution >= 4 is 17.7 Å². The maximum absolute atomic E-state index is 12.4. The summed E-state index contributed by atoms with van der Waals surface area (Å²) in [6, 6.07) is 3.34. The van der Waals surface area contributed by atoms with E-state index in [0.29, 0.717) is 0 Å². The van der Waals surface area contributed by atoms with E-state index in [1.165, 1.54) is 7.05 Å². The van der Waals surface area contributed by atoms with Crippen molar-refractivity contribution in [2.75, 3.05) is 18.5 Å². The molecule has 0 radical (unpaired) electrons. The third-order valence-electron chi connectivity index (χ3n) is 2.51. The summed E-state index contributed by atoms with van der Waals surface area (Å²) < 4.78 is 37.3. The van der Waals surface area contributed by atoms with E-state index in [2.05, 4.69) is 5.32 Å². The van der Waals surface area contributed by atoms with Crippen LogP contribution in [0.5, 0.6) is 0 Å². The highest BCUT2D eigenvalue weighted by Gasteiger charge is 2.30. The first kappa shape index (κ1) is 15.8. The van der Waals surface area contributed by atoms with Gasteiger partial charge in [0.15, 0.2) is 0 Å². The van der Waals surface area contributed by atoms with Crippen LogP contribution < -0.4 is 10.2 Å². The third kappa shape index (κ3) is 4.15. The lowest BCUT2D eigenvalue weighted by atomic mass is 10.2. The number of alkyl halides is 3. The molecule has 1 aromatic rings. The molecule has 0 saturated heterocycles. The van der Waals surface area contributed by atoms with Gasteiger partial charge >= 0.3 is 18.2 Å². The summed E-state index contributed by atoms with van der Waals surface area (Å²) in [4.78, 5) is 23.2. The van der Waals surface area contributed by atoms with Crippen molar-refractivity contribution in [3.05, 3.63) is 29.8 Å². The van der Waals surface area contributed by atoms with Crippen molar-refractivity contribution in [3.63, 3.8) is 0 Å². The summed E-state index contributed by atoms with van der Waals surface area (Å²) in [5.74, 6) is -1.11. The van der Waals surface area contributed by atoms with Gasteiger partial charge in [-0.3, -0.25) is 9.69 Å². The van der Waals surface area contributed by atoms with E-state index >= 15 is 0 Å². The average Bonchev–Trinajstić information content (AvgIpc) is 2.37. The first-order valence-electron chi connectivity index (χ1n) is 5.64. The van der Waals surface area contributed by atoms with E-state index in [0.717, 1.165) is 29.2 Å². The van der Waals surface area contributed by atoms with Crippen LogP contribution in [0.1, 0.15) is 12.0 Å². The molecule has 0 spiro atoms. The van der Waals surface area contributed by atoms with Gasteiger partial charge in [-0.1, -0.05) is 0 Å². The summed E-state index contributed by atoms with van der Waals surface area (Å²) in [6.45, 7) is -0.139. The van der Waals surface area contributed by atoms with E-state index in [4.69, 9.17) is 5.11 Å². The lowest BCUT2D eigenvalue weighted by Gasteiger charge is -2.22. The molecule has 0 aliphatic carbocycles. The number of benzene rings is 1. The molecule has 0 aromatic heterocycles. The molecule has 0 atom stereocenters. The van der Waals surface area contributed by atoms with Gasteiger partial charge in [-0.2, -0.15) is 13.2 Å². The topological polar surface area (TPSA) is 69.6 Å². The van der Waals surface area contributed by atoms with E-state index in [-0.39, 0.29) is 18.7 Å². The molecular formula is C12H13F3N2O3. The smallest absolute Gasteiger partial charge is 0.416 e. The zero-order valence-corrected chi connectivity index (χ0v) is 10.6. The predicted molar refractivity (Wildman–Crippen MR) is 65.5 cm³/mol. The number of carbonyl (C=O) groups excluding carboxylic acids is 1. The van der Waals surface area contributed by atoms with Crippen LogP contribution >= 0.6 is 0 Å². The fourth-order valence-corrected chi connectivity index (χ4v) is 1.52. The number of hydrogen-bond donors (Lipinski definition) is 2. The number of amides is 2. The number of anilines is 1. The minimum atomic E-state index is -4.46. The number of halogens is 3. The van der Waals surface area contributed by atoms with Crippen molar-refractivity contribution < 1.29 is 27.9 Å². The van der Waals surface area contributed by atoms with Crippen LogP contribution in [0, 0.1) is 0 Å². The second kappa shape index (κ2) is 6.27. The Morgan fingerprint density at radius 3 is 2.20 bits per heavy atom. The highest BCUT2D eigenvalue weighted by atomic mass is 19.4. The molecule has 20 heavy (non-hydrogen) atoms. The Balaban J connectivity index is 2.96. The highest BCUT2D eigenvalue weighted by molar-refractivity contribution is 5.92. The Bertz CT molecular complexity index is 486. The van der Waals surface area contributed by atoms with Crippen molar-refractivity contribution in [3.8, 4) is 0 Å². The number of urea groups is 1. The van der Waals surface area contributed by atoms with E-state index in [9.17, 15) is 22.8 Å². The molecule has 5 nitrogen and oxygen atoms in total. The number of hydrogen-bond acceptors (Lipinski definition) is 2. The number of aliphatic carboxylic acids is 1. The largest absolute Gasteiger partial charge is 0.481 e. The Hall–Kier alpha value is -2.25. The first-order chi connectivity index (χ1) is 9.25. The molecule has 0 fully saturated rings. The Morgan fingerprint density at radius 2 is 1.80 bits per heavy atom. The number of carboxylic acid groups (broad SMARTS) is 1. The normalized spacial score (nSPS) is 11.0. The van der Waals surface area contributed by atoms with Crippen molar-refractivity contribution in [1.82, 2.24) is 5.32 Å². The molecule has 110 valence electrons. The van der Waals surface area contributed by atoms with E-state index in [1.807, 2.05) is 0 Å². The van der Waals surface area contributed by atoms with Crippen LogP contribution in [0.15, 0.2) is 24.3 Å². The number of nitrogens with zero attached hydrogens (tertiary/aromatic N) is 1. The number of carbonyl (C=O) groups is 2. The lowest BCUT2D eigenvalue weighted by Crippen LogP contribution is -2.39. The zero-order valence-electron chi connectivity index (χ0n) is 10.6. The molecule has 0 saturated carbocycles. The molecule has 0 aliphatic rings. The maximum atomic E-state index is 12.4. The summed E-state index contributed by atoms with van der Waals surface area (Å²) in [7, 11) is 1.35. The van der Waals surface area contributed by atoms with Crippen LogP contribution in [0.2, 0.25) is 0 Å². The summed E-state index contributed by atoms with van der Waals surface area (Å²) in [5.41, 5.74) is -0.644. The average molecular weight is 290 g/mol. The number of carboxylic acids is 1. The number of rotatable bonds is 4. The predicted octanol–water partition coefficient (Wildman–Crippen LogP) is 2.33. The van der Waals surface area contributed by atoms with Crippen LogP contribution in [-0.2, 0) is 11.0 Å². The molecular weight excluding hydrogens is 277 g/mol. The first-order valence-corrected chi connectivity index (χ1v) is 5.64. The van der Waals surface area contributed by atoms with Gasteiger partial charge in [-0.25, -0.2) is 4.79 Å². The fourth-order valence-electron chi connectivity index (χ4n) is 1.52. The number of nitrogens with one attached hydrogen (secondary N) is 1. The van der Waals surface area contributed by atoms with Gasteiger partial charge in [-0.15, -0.1) is 0 Å². The van der Waals surface area contributed by atoms with Gasteiger partial charge in [0.25, 0.3) is 0 Å².